The highest BCUT2D eigenvalue weighted by atomic mass is 16.5. The third kappa shape index (κ3) is 3.59. The Kier molecular flexibility index (Phi) is 4.32. The Bertz CT molecular complexity index is 877. The van der Waals surface area contributed by atoms with Crippen molar-refractivity contribution in [2.45, 2.75) is 63.4 Å². The first-order chi connectivity index (χ1) is 13.8. The van der Waals surface area contributed by atoms with Gasteiger partial charge in [0.2, 0.25) is 5.91 Å². The maximum Gasteiger partial charge on any atom is 0.306 e. The predicted molar refractivity (Wildman–Crippen MR) is 105 cm³/mol. The fraction of sp³-hybridized carbons (Fsp3) is 0.609. The van der Waals surface area contributed by atoms with Gasteiger partial charge in [-0.25, -0.2) is 0 Å². The number of hydrogen-bond donors (Lipinski definition) is 2. The predicted octanol–water partition coefficient (Wildman–Crippen LogP) is 3.02. The van der Waals surface area contributed by atoms with Gasteiger partial charge in [0.1, 0.15) is 0 Å². The Hall–Kier alpha value is -2.21. The number of aliphatic hydroxyl groups is 1. The standard InChI is InChI=1S/C23H27NO5/c25-19(17-1-3-18-16(6-17)2-4-20(26)24-18)12-29-21(27)11-22-7-14-5-15(8-22)10-23(28,9-14)13-22/h1,3,6,14-15,28H,2,4-5,7-13H2,(H,24,26)/t14-,15+,22?,23?. The van der Waals surface area contributed by atoms with Crippen molar-refractivity contribution in [2.75, 3.05) is 11.9 Å². The maximum atomic E-state index is 12.5. The number of fused-ring (bicyclic) bond motifs is 1. The van der Waals surface area contributed by atoms with Crippen LogP contribution in [0.25, 0.3) is 0 Å². The zero-order valence-electron chi connectivity index (χ0n) is 16.5. The zero-order chi connectivity index (χ0) is 20.2. The van der Waals surface area contributed by atoms with Crippen molar-refractivity contribution in [3.05, 3.63) is 29.3 Å². The average molecular weight is 397 g/mol. The minimum atomic E-state index is -0.598. The fourth-order valence-electron chi connectivity index (χ4n) is 6.75. The number of hydrogen-bond acceptors (Lipinski definition) is 5. The van der Waals surface area contributed by atoms with Crippen LogP contribution in [0.1, 0.15) is 67.3 Å². The normalized spacial score (nSPS) is 34.4. The van der Waals surface area contributed by atoms with Crippen molar-refractivity contribution < 1.29 is 24.2 Å². The van der Waals surface area contributed by atoms with Crippen LogP contribution in [0, 0.1) is 17.3 Å². The van der Waals surface area contributed by atoms with Gasteiger partial charge in [-0.1, -0.05) is 0 Å². The van der Waals surface area contributed by atoms with Crippen LogP contribution in [-0.2, 0) is 20.7 Å². The number of Topliss-reactive ketones (excluding diaryl/α,β-unsaturated/α-hetero) is 1. The molecule has 4 bridgehead atoms. The third-order valence-corrected chi connectivity index (χ3v) is 7.36. The van der Waals surface area contributed by atoms with Crippen molar-refractivity contribution in [3.8, 4) is 0 Å². The Balaban J connectivity index is 1.19. The molecule has 2 N–H and O–H groups in total. The summed E-state index contributed by atoms with van der Waals surface area (Å²) in [5.41, 5.74) is 1.43. The van der Waals surface area contributed by atoms with Crippen molar-refractivity contribution >= 4 is 23.3 Å². The van der Waals surface area contributed by atoms with E-state index in [2.05, 4.69) is 5.32 Å². The molecule has 2 unspecified atom stereocenters. The minimum Gasteiger partial charge on any atom is -0.457 e. The second-order valence-electron chi connectivity index (χ2n) is 9.87. The number of esters is 1. The molecule has 154 valence electrons. The first-order valence-electron chi connectivity index (χ1n) is 10.7. The number of rotatable bonds is 5. The first-order valence-corrected chi connectivity index (χ1v) is 10.7. The summed E-state index contributed by atoms with van der Waals surface area (Å²) in [6.07, 6.45) is 6.91. The van der Waals surface area contributed by atoms with Crippen LogP contribution in [0.2, 0.25) is 0 Å². The number of benzene rings is 1. The molecule has 6 heteroatoms. The quantitative estimate of drug-likeness (QED) is 0.589. The molecule has 1 aromatic rings. The molecule has 1 amide bonds. The molecule has 29 heavy (non-hydrogen) atoms. The molecule has 1 aromatic carbocycles. The van der Waals surface area contributed by atoms with Gasteiger partial charge >= 0.3 is 5.97 Å². The molecule has 4 atom stereocenters. The van der Waals surface area contributed by atoms with Crippen LogP contribution < -0.4 is 5.32 Å². The molecule has 0 radical (unpaired) electrons. The highest BCUT2D eigenvalue weighted by molar-refractivity contribution is 6.00. The van der Waals surface area contributed by atoms with Gasteiger partial charge in [0.25, 0.3) is 0 Å². The van der Waals surface area contributed by atoms with E-state index in [-0.39, 0.29) is 29.7 Å². The lowest BCUT2D eigenvalue weighted by atomic mass is 9.47. The van der Waals surface area contributed by atoms with Gasteiger partial charge < -0.3 is 15.2 Å². The Labute approximate surface area is 170 Å². The van der Waals surface area contributed by atoms with Crippen LogP contribution in [0.3, 0.4) is 0 Å². The first kappa shape index (κ1) is 18.8. The average Bonchev–Trinajstić information content (AvgIpc) is 2.63. The fourth-order valence-corrected chi connectivity index (χ4v) is 6.75. The molecule has 4 saturated carbocycles. The van der Waals surface area contributed by atoms with E-state index in [1.165, 1.54) is 6.42 Å². The molecule has 0 aromatic heterocycles. The number of carbonyl (C=O) groups is 3. The lowest BCUT2D eigenvalue weighted by molar-refractivity contribution is -0.176. The number of anilines is 1. The Morgan fingerprint density at radius 3 is 2.62 bits per heavy atom. The van der Waals surface area contributed by atoms with E-state index in [1.807, 2.05) is 0 Å². The molecule has 4 fully saturated rings. The van der Waals surface area contributed by atoms with Crippen molar-refractivity contribution in [2.24, 2.45) is 17.3 Å². The monoisotopic (exact) mass is 397 g/mol. The van der Waals surface area contributed by atoms with Crippen LogP contribution >= 0.6 is 0 Å². The summed E-state index contributed by atoms with van der Waals surface area (Å²) in [6, 6.07) is 5.17. The molecular formula is C23H27NO5. The van der Waals surface area contributed by atoms with Gasteiger partial charge in [-0.2, -0.15) is 0 Å². The van der Waals surface area contributed by atoms with Gasteiger partial charge in [0.05, 0.1) is 12.0 Å². The van der Waals surface area contributed by atoms with E-state index < -0.39 is 5.60 Å². The second kappa shape index (κ2) is 6.66. The van der Waals surface area contributed by atoms with Crippen LogP contribution in [0.5, 0.6) is 0 Å². The molecule has 1 heterocycles. The summed E-state index contributed by atoms with van der Waals surface area (Å²) < 4.78 is 5.35. The van der Waals surface area contributed by atoms with E-state index in [9.17, 15) is 19.5 Å². The van der Waals surface area contributed by atoms with Crippen LogP contribution in [-0.4, -0.2) is 35.0 Å². The molecule has 1 aliphatic heterocycles. The summed E-state index contributed by atoms with van der Waals surface area (Å²) in [6.45, 7) is -0.267. The van der Waals surface area contributed by atoms with E-state index in [0.717, 1.165) is 36.9 Å². The van der Waals surface area contributed by atoms with Crippen molar-refractivity contribution in [3.63, 3.8) is 0 Å². The van der Waals surface area contributed by atoms with Crippen LogP contribution in [0.15, 0.2) is 18.2 Å². The molecule has 6 nitrogen and oxygen atoms in total. The van der Waals surface area contributed by atoms with E-state index in [1.54, 1.807) is 18.2 Å². The molecule has 0 saturated heterocycles. The highest BCUT2D eigenvalue weighted by Gasteiger charge is 2.57. The number of ether oxygens (including phenoxy) is 1. The lowest BCUT2D eigenvalue weighted by Gasteiger charge is -2.60. The van der Waals surface area contributed by atoms with Gasteiger partial charge in [0.15, 0.2) is 12.4 Å². The summed E-state index contributed by atoms with van der Waals surface area (Å²) in [4.78, 5) is 36.5. The zero-order valence-corrected chi connectivity index (χ0v) is 16.5. The second-order valence-corrected chi connectivity index (χ2v) is 9.87. The molecule has 5 aliphatic rings. The molecule has 0 spiro atoms. The summed E-state index contributed by atoms with van der Waals surface area (Å²) >= 11 is 0. The number of nitrogens with one attached hydrogen (secondary N) is 1. The van der Waals surface area contributed by atoms with Crippen molar-refractivity contribution in [1.82, 2.24) is 0 Å². The van der Waals surface area contributed by atoms with Crippen molar-refractivity contribution in [1.29, 1.82) is 0 Å². The number of ketones is 1. The van der Waals surface area contributed by atoms with Gasteiger partial charge in [-0.15, -0.1) is 0 Å². The molecular weight excluding hydrogens is 370 g/mol. The van der Waals surface area contributed by atoms with Gasteiger partial charge in [0, 0.05) is 17.7 Å². The van der Waals surface area contributed by atoms with E-state index in [0.29, 0.717) is 43.1 Å². The highest BCUT2D eigenvalue weighted by Crippen LogP contribution is 2.62. The molecule has 6 rings (SSSR count). The summed E-state index contributed by atoms with van der Waals surface area (Å²) in [7, 11) is 0. The smallest absolute Gasteiger partial charge is 0.306 e. The topological polar surface area (TPSA) is 92.7 Å². The molecule has 4 aliphatic carbocycles. The van der Waals surface area contributed by atoms with Gasteiger partial charge in [-0.05, 0) is 86.0 Å². The van der Waals surface area contributed by atoms with E-state index in [4.69, 9.17) is 4.74 Å². The lowest BCUT2D eigenvalue weighted by Crippen LogP contribution is -2.56. The number of carbonyl (C=O) groups excluding carboxylic acids is 3. The minimum absolute atomic E-state index is 0.0140. The van der Waals surface area contributed by atoms with Gasteiger partial charge in [-0.3, -0.25) is 14.4 Å². The van der Waals surface area contributed by atoms with Crippen LogP contribution in [0.4, 0.5) is 5.69 Å². The maximum absolute atomic E-state index is 12.5. The summed E-state index contributed by atoms with van der Waals surface area (Å²) in [5.74, 6) is 0.453. The Morgan fingerprint density at radius 1 is 1.14 bits per heavy atom. The third-order valence-electron chi connectivity index (χ3n) is 7.36. The summed E-state index contributed by atoms with van der Waals surface area (Å²) in [5, 5.41) is 13.6. The Morgan fingerprint density at radius 2 is 1.90 bits per heavy atom. The van der Waals surface area contributed by atoms with E-state index >= 15 is 0 Å². The SMILES string of the molecule is O=C1CCc2cc(C(=O)COC(=O)CC34C[C@@H]5C[C@@H](CC(O)(C5)C3)C4)ccc2N1. The largest absolute Gasteiger partial charge is 0.457 e. The number of amides is 1. The number of aryl methyl sites for hydroxylation is 1.